The van der Waals surface area contributed by atoms with Crippen molar-refractivity contribution >= 4 is 28.2 Å². The number of hydrogen-bond donors (Lipinski definition) is 0. The van der Waals surface area contributed by atoms with E-state index < -0.39 is 0 Å². The topological polar surface area (TPSA) is 39.1 Å². The number of nitrogens with zero attached hydrogens (tertiary/aromatic N) is 1. The van der Waals surface area contributed by atoms with E-state index in [4.69, 9.17) is 0 Å². The minimum Gasteiger partial charge on any atom is -0.313 e. The average molecular weight is 223 g/mol. The lowest BCUT2D eigenvalue weighted by Gasteiger charge is -2.09. The lowest BCUT2D eigenvalue weighted by molar-refractivity contribution is -0.113. The van der Waals surface area contributed by atoms with Gasteiger partial charge in [-0.2, -0.15) is 0 Å². The molecule has 3 rings (SSSR count). The van der Waals surface area contributed by atoms with Crippen molar-refractivity contribution in [2.75, 3.05) is 0 Å². The lowest BCUT2D eigenvalue weighted by atomic mass is 10.1. The Morgan fingerprint density at radius 1 is 0.941 bits per heavy atom. The normalized spacial score (nSPS) is 15.4. The summed E-state index contributed by atoms with van der Waals surface area (Å²) < 4.78 is 1.75. The van der Waals surface area contributed by atoms with Crippen LogP contribution in [-0.4, -0.2) is 16.1 Å². The Labute approximate surface area is 97.7 Å². The minimum absolute atomic E-state index is 0.147. The third-order valence-electron chi connectivity index (χ3n) is 2.79. The maximum Gasteiger partial charge on any atom is 0.202 e. The van der Waals surface area contributed by atoms with E-state index in [1.807, 2.05) is 30.3 Å². The molecule has 0 aliphatic heterocycles. The molecule has 2 aromatic rings. The number of ketones is 2. The van der Waals surface area contributed by atoms with Gasteiger partial charge in [0.2, 0.25) is 5.78 Å². The quantitative estimate of drug-likeness (QED) is 0.695. The molecule has 0 spiro atoms. The average Bonchev–Trinajstić information content (AvgIpc) is 2.76. The number of para-hydroxylation sites is 1. The Kier molecular flexibility index (Phi) is 2.05. The highest BCUT2D eigenvalue weighted by Crippen LogP contribution is 2.21. The van der Waals surface area contributed by atoms with Gasteiger partial charge in [-0.15, -0.1) is 0 Å². The third-order valence-corrected chi connectivity index (χ3v) is 2.79. The summed E-state index contributed by atoms with van der Waals surface area (Å²) in [7, 11) is 0. The van der Waals surface area contributed by atoms with Gasteiger partial charge >= 0.3 is 0 Å². The first-order valence-corrected chi connectivity index (χ1v) is 5.30. The number of hydrogen-bond acceptors (Lipinski definition) is 2. The molecule has 1 aromatic heterocycles. The van der Waals surface area contributed by atoms with Gasteiger partial charge in [0, 0.05) is 12.3 Å². The van der Waals surface area contributed by atoms with Crippen LogP contribution in [0.25, 0.3) is 16.6 Å². The van der Waals surface area contributed by atoms with Gasteiger partial charge in [-0.05, 0) is 29.7 Å². The van der Waals surface area contributed by atoms with Crippen LogP contribution in [0.4, 0.5) is 0 Å². The molecule has 3 heteroatoms. The van der Waals surface area contributed by atoms with E-state index in [0.29, 0.717) is 5.70 Å². The second kappa shape index (κ2) is 3.56. The van der Waals surface area contributed by atoms with Crippen molar-refractivity contribution in [1.82, 2.24) is 4.57 Å². The van der Waals surface area contributed by atoms with Gasteiger partial charge in [0.25, 0.3) is 0 Å². The standard InChI is InChI=1S/C14H9NO2/c16-11-5-6-14(17)13(9-11)15-8-7-10-3-1-2-4-12(10)15/h1-9H. The van der Waals surface area contributed by atoms with Gasteiger partial charge in [0.05, 0.1) is 11.2 Å². The number of carbonyl (C=O) groups excluding carboxylic acids is 2. The Balaban J connectivity index is 2.22. The van der Waals surface area contributed by atoms with E-state index in [2.05, 4.69) is 0 Å². The van der Waals surface area contributed by atoms with Crippen molar-refractivity contribution < 1.29 is 9.59 Å². The Morgan fingerprint density at radius 3 is 2.65 bits per heavy atom. The molecule has 1 aliphatic carbocycles. The van der Waals surface area contributed by atoms with Crippen LogP contribution in [0.1, 0.15) is 0 Å². The zero-order valence-corrected chi connectivity index (χ0v) is 8.96. The number of fused-ring (bicyclic) bond motifs is 1. The molecule has 0 bridgehead atoms. The van der Waals surface area contributed by atoms with Crippen LogP contribution in [0.2, 0.25) is 0 Å². The third kappa shape index (κ3) is 1.52. The fraction of sp³-hybridized carbons (Fsp3) is 0. The highest BCUT2D eigenvalue weighted by Gasteiger charge is 2.16. The molecular weight excluding hydrogens is 214 g/mol. The maximum atomic E-state index is 11.8. The monoisotopic (exact) mass is 223 g/mol. The molecule has 0 amide bonds. The van der Waals surface area contributed by atoms with E-state index in [1.54, 1.807) is 10.8 Å². The van der Waals surface area contributed by atoms with Gasteiger partial charge in [0.15, 0.2) is 5.78 Å². The van der Waals surface area contributed by atoms with E-state index >= 15 is 0 Å². The smallest absolute Gasteiger partial charge is 0.202 e. The van der Waals surface area contributed by atoms with Crippen molar-refractivity contribution in [2.45, 2.75) is 0 Å². The molecule has 0 N–H and O–H groups in total. The molecular formula is C14H9NO2. The largest absolute Gasteiger partial charge is 0.313 e. The molecule has 0 saturated heterocycles. The summed E-state index contributed by atoms with van der Waals surface area (Å²) in [5, 5.41) is 1.04. The van der Waals surface area contributed by atoms with Crippen molar-refractivity contribution in [3.05, 3.63) is 54.8 Å². The predicted octanol–water partition coefficient (Wildman–Crippen LogP) is 2.19. The van der Waals surface area contributed by atoms with Crippen LogP contribution in [0.5, 0.6) is 0 Å². The van der Waals surface area contributed by atoms with Crippen LogP contribution >= 0.6 is 0 Å². The highest BCUT2D eigenvalue weighted by atomic mass is 16.1. The van der Waals surface area contributed by atoms with Gasteiger partial charge in [-0.25, -0.2) is 0 Å². The van der Waals surface area contributed by atoms with Crippen LogP contribution in [0.15, 0.2) is 54.8 Å². The van der Waals surface area contributed by atoms with Crippen molar-refractivity contribution in [2.24, 2.45) is 0 Å². The van der Waals surface area contributed by atoms with E-state index in [0.717, 1.165) is 10.9 Å². The number of benzene rings is 1. The number of aromatic nitrogens is 1. The Hall–Kier alpha value is -2.42. The fourth-order valence-corrected chi connectivity index (χ4v) is 1.98. The summed E-state index contributed by atoms with van der Waals surface area (Å²) in [6.45, 7) is 0. The molecule has 17 heavy (non-hydrogen) atoms. The SMILES string of the molecule is O=C1C=CC(=O)C(n2ccc3ccccc32)=C1. The number of allylic oxidation sites excluding steroid dienone is 4. The Morgan fingerprint density at radius 2 is 1.76 bits per heavy atom. The molecule has 1 aromatic carbocycles. The molecule has 1 aliphatic rings. The van der Waals surface area contributed by atoms with E-state index in [-0.39, 0.29) is 11.6 Å². The second-order valence-corrected chi connectivity index (χ2v) is 3.87. The first-order chi connectivity index (χ1) is 8.25. The van der Waals surface area contributed by atoms with Crippen LogP contribution < -0.4 is 0 Å². The summed E-state index contributed by atoms with van der Waals surface area (Å²) in [5.74, 6) is -0.302. The Bertz CT molecular complexity index is 689. The van der Waals surface area contributed by atoms with E-state index in [9.17, 15) is 9.59 Å². The first kappa shape index (κ1) is 9.78. The van der Waals surface area contributed by atoms with Crippen molar-refractivity contribution in [1.29, 1.82) is 0 Å². The predicted molar refractivity (Wildman–Crippen MR) is 65.4 cm³/mol. The second-order valence-electron chi connectivity index (χ2n) is 3.87. The number of rotatable bonds is 1. The zero-order chi connectivity index (χ0) is 11.8. The van der Waals surface area contributed by atoms with Crippen molar-refractivity contribution in [3.63, 3.8) is 0 Å². The molecule has 0 saturated carbocycles. The van der Waals surface area contributed by atoms with Gasteiger partial charge in [0.1, 0.15) is 0 Å². The summed E-state index contributed by atoms with van der Waals surface area (Å²) in [6, 6.07) is 9.66. The van der Waals surface area contributed by atoms with E-state index in [1.165, 1.54) is 18.2 Å². The van der Waals surface area contributed by atoms with Gasteiger partial charge < -0.3 is 4.57 Å². The number of carbonyl (C=O) groups is 2. The molecule has 3 nitrogen and oxygen atoms in total. The molecule has 82 valence electrons. The van der Waals surface area contributed by atoms with Gasteiger partial charge in [-0.1, -0.05) is 18.2 Å². The first-order valence-electron chi connectivity index (χ1n) is 5.30. The molecule has 0 fully saturated rings. The fourth-order valence-electron chi connectivity index (χ4n) is 1.98. The molecule has 0 radical (unpaired) electrons. The summed E-state index contributed by atoms with van der Waals surface area (Å²) in [4.78, 5) is 23.1. The summed E-state index contributed by atoms with van der Waals surface area (Å²) >= 11 is 0. The molecule has 1 heterocycles. The molecule has 0 atom stereocenters. The van der Waals surface area contributed by atoms with Crippen LogP contribution in [-0.2, 0) is 9.59 Å². The highest BCUT2D eigenvalue weighted by molar-refractivity contribution is 6.30. The van der Waals surface area contributed by atoms with Crippen LogP contribution in [0, 0.1) is 0 Å². The van der Waals surface area contributed by atoms with Crippen LogP contribution in [0.3, 0.4) is 0 Å². The zero-order valence-electron chi connectivity index (χ0n) is 8.96. The lowest BCUT2D eigenvalue weighted by Crippen LogP contribution is -2.11. The summed E-state index contributed by atoms with van der Waals surface area (Å²) in [6.07, 6.45) is 5.78. The van der Waals surface area contributed by atoms with Gasteiger partial charge in [-0.3, -0.25) is 9.59 Å². The summed E-state index contributed by atoms with van der Waals surface area (Å²) in [5.41, 5.74) is 1.33. The van der Waals surface area contributed by atoms with Crippen molar-refractivity contribution in [3.8, 4) is 0 Å². The minimum atomic E-state index is -0.155. The molecule has 0 unspecified atom stereocenters. The maximum absolute atomic E-state index is 11.8.